The van der Waals surface area contributed by atoms with Gasteiger partial charge in [0.15, 0.2) is 18.9 Å². The van der Waals surface area contributed by atoms with Gasteiger partial charge in [0.25, 0.3) is 0 Å². The number of allylic oxidation sites excluding steroid dienone is 7. The smallest absolute Gasteiger partial charge is 0.220 e. The van der Waals surface area contributed by atoms with Crippen LogP contribution >= 0.6 is 0 Å². The molecule has 3 saturated heterocycles. The first-order valence-electron chi connectivity index (χ1n) is 48.4. The number of hydrogen-bond acceptors (Lipinski definition) is 18. The maximum atomic E-state index is 13.5. The van der Waals surface area contributed by atoms with Crippen molar-refractivity contribution >= 4 is 5.91 Å². The molecule has 0 aliphatic carbocycles. The van der Waals surface area contributed by atoms with Gasteiger partial charge in [-0.1, -0.05) is 403 Å². The van der Waals surface area contributed by atoms with E-state index in [4.69, 9.17) is 28.4 Å². The second-order valence-electron chi connectivity index (χ2n) is 34.5. The van der Waals surface area contributed by atoms with Gasteiger partial charge in [0, 0.05) is 6.42 Å². The van der Waals surface area contributed by atoms with E-state index in [0.29, 0.717) is 12.8 Å². The van der Waals surface area contributed by atoms with Crippen LogP contribution < -0.4 is 5.32 Å². The second-order valence-corrected chi connectivity index (χ2v) is 34.5. The summed E-state index contributed by atoms with van der Waals surface area (Å²) in [6.45, 7) is 1.78. The lowest BCUT2D eigenvalue weighted by atomic mass is 9.96. The number of amides is 1. The molecule has 19 heteroatoms. The monoisotopic (exact) mass is 1630 g/mol. The molecule has 19 nitrogen and oxygen atoms in total. The third-order valence-electron chi connectivity index (χ3n) is 24.1. The van der Waals surface area contributed by atoms with E-state index in [1.165, 1.54) is 347 Å². The highest BCUT2D eigenvalue weighted by Crippen LogP contribution is 2.34. The van der Waals surface area contributed by atoms with Gasteiger partial charge < -0.3 is 89.9 Å². The fourth-order valence-corrected chi connectivity index (χ4v) is 16.4. The zero-order valence-corrected chi connectivity index (χ0v) is 73.3. The Labute approximate surface area is 701 Å². The molecule has 17 unspecified atom stereocenters. The highest BCUT2D eigenvalue weighted by molar-refractivity contribution is 5.76. The first kappa shape index (κ1) is 107. The maximum absolute atomic E-state index is 13.5. The molecule has 3 fully saturated rings. The van der Waals surface area contributed by atoms with Crippen LogP contribution in [0.2, 0.25) is 0 Å². The van der Waals surface area contributed by atoms with Gasteiger partial charge in [0.2, 0.25) is 5.91 Å². The minimum atomic E-state index is -1.98. The van der Waals surface area contributed by atoms with Gasteiger partial charge in [-0.15, -0.1) is 0 Å². The molecule has 3 rings (SSSR count). The Balaban J connectivity index is 1.29. The number of unbranched alkanes of at least 4 members (excludes halogenated alkanes) is 58. The molecule has 1 amide bonds. The Bertz CT molecular complexity index is 2260. The lowest BCUT2D eigenvalue weighted by Crippen LogP contribution is -2.66. The van der Waals surface area contributed by atoms with Crippen molar-refractivity contribution in [3.05, 3.63) is 48.6 Å². The molecule has 0 saturated carbocycles. The van der Waals surface area contributed by atoms with E-state index >= 15 is 0 Å². The number of rotatable bonds is 80. The normalized spacial score (nSPS) is 24.8. The molecule has 0 radical (unpaired) electrons. The van der Waals surface area contributed by atoms with Crippen LogP contribution in [0.25, 0.3) is 0 Å². The molecule has 12 N–H and O–H groups in total. The first-order valence-corrected chi connectivity index (χ1v) is 48.4. The molecule has 3 aliphatic heterocycles. The third kappa shape index (κ3) is 53.4. The molecule has 0 aromatic carbocycles. The highest BCUT2D eigenvalue weighted by Gasteiger charge is 2.54. The average molecular weight is 1640 g/mol. The number of carbonyl (C=O) groups is 1. The third-order valence-corrected chi connectivity index (χ3v) is 24.1. The van der Waals surface area contributed by atoms with Crippen molar-refractivity contribution in [2.45, 2.75) is 529 Å². The summed E-state index contributed by atoms with van der Waals surface area (Å²) in [5.74, 6) is -0.276. The van der Waals surface area contributed by atoms with Crippen LogP contribution in [0.3, 0.4) is 0 Å². The Morgan fingerprint density at radius 2 is 0.583 bits per heavy atom. The quantitative estimate of drug-likeness (QED) is 0.0199. The molecule has 0 aromatic rings. The van der Waals surface area contributed by atoms with Crippen LogP contribution in [0.4, 0.5) is 0 Å². The molecule has 17 atom stereocenters. The predicted molar refractivity (Wildman–Crippen MR) is 466 cm³/mol. The SMILES string of the molecule is CCCCCCC/C=C\C/C=C\CCCCCCCCCCCCCCCCCCCCCCCCCCCCCCCC(=O)NC(COC1OC(CO)C(OC2OC(CO)C(OC3OC(CO)C(O)C(O)C3O)C(O)C2O)C(O)C1O)C(O)/C=C/CC/C=C/CCCCCCCCCCCCCCCCCCCCCCCCC. The summed E-state index contributed by atoms with van der Waals surface area (Å²) in [6.07, 6.45) is 73.0. The van der Waals surface area contributed by atoms with Gasteiger partial charge in [0.1, 0.15) is 73.2 Å². The number of hydrogen-bond donors (Lipinski definition) is 12. The van der Waals surface area contributed by atoms with E-state index < -0.39 is 124 Å². The number of ether oxygens (including phenoxy) is 6. The molecular weight excluding hydrogens is 1460 g/mol. The molecular formula is C96H179NO18. The number of aliphatic hydroxyl groups is 11. The molecule has 3 heterocycles. The van der Waals surface area contributed by atoms with Crippen molar-refractivity contribution in [3.8, 4) is 0 Å². The summed E-state index contributed by atoms with van der Waals surface area (Å²) in [5, 5.41) is 121. The van der Waals surface area contributed by atoms with Crippen molar-refractivity contribution in [1.82, 2.24) is 5.32 Å². The van der Waals surface area contributed by atoms with Gasteiger partial charge in [-0.3, -0.25) is 4.79 Å². The minimum Gasteiger partial charge on any atom is -0.394 e. The topological polar surface area (TPSA) is 307 Å². The number of aliphatic hydroxyl groups excluding tert-OH is 11. The van der Waals surface area contributed by atoms with Crippen LogP contribution in [-0.4, -0.2) is 193 Å². The Morgan fingerprint density at radius 3 is 0.922 bits per heavy atom. The van der Waals surface area contributed by atoms with E-state index in [1.807, 2.05) is 6.08 Å². The number of nitrogens with one attached hydrogen (secondary N) is 1. The molecule has 0 spiro atoms. The van der Waals surface area contributed by atoms with Crippen LogP contribution in [0, 0.1) is 0 Å². The van der Waals surface area contributed by atoms with E-state index in [-0.39, 0.29) is 18.9 Å². The van der Waals surface area contributed by atoms with E-state index in [0.717, 1.165) is 44.9 Å². The summed E-state index contributed by atoms with van der Waals surface area (Å²) in [7, 11) is 0. The fourth-order valence-electron chi connectivity index (χ4n) is 16.4. The van der Waals surface area contributed by atoms with Gasteiger partial charge >= 0.3 is 0 Å². The Hall–Kier alpha value is -2.25. The Kier molecular flexibility index (Phi) is 70.2. The molecule has 3 aliphatic rings. The first-order chi connectivity index (χ1) is 56.3. The minimum absolute atomic E-state index is 0.240. The van der Waals surface area contributed by atoms with Gasteiger partial charge in [-0.25, -0.2) is 0 Å². The van der Waals surface area contributed by atoms with Crippen LogP contribution in [0.15, 0.2) is 48.6 Å². The van der Waals surface area contributed by atoms with Gasteiger partial charge in [-0.2, -0.15) is 0 Å². The van der Waals surface area contributed by atoms with Crippen LogP contribution in [-0.2, 0) is 33.2 Å². The van der Waals surface area contributed by atoms with Crippen molar-refractivity contribution in [1.29, 1.82) is 0 Å². The molecule has 676 valence electrons. The number of carbonyl (C=O) groups excluding carboxylic acids is 1. The lowest BCUT2D eigenvalue weighted by molar-refractivity contribution is -0.379. The second kappa shape index (κ2) is 75.5. The van der Waals surface area contributed by atoms with Crippen molar-refractivity contribution < 1.29 is 89.4 Å². The van der Waals surface area contributed by atoms with E-state index in [2.05, 4.69) is 55.6 Å². The predicted octanol–water partition coefficient (Wildman–Crippen LogP) is 19.5. The summed E-state index contributed by atoms with van der Waals surface area (Å²) in [4.78, 5) is 13.5. The highest BCUT2D eigenvalue weighted by atomic mass is 16.8. The van der Waals surface area contributed by atoms with E-state index in [9.17, 15) is 61.0 Å². The largest absolute Gasteiger partial charge is 0.394 e. The maximum Gasteiger partial charge on any atom is 0.220 e. The fraction of sp³-hybridized carbons (Fsp3) is 0.906. The zero-order valence-electron chi connectivity index (χ0n) is 73.3. The van der Waals surface area contributed by atoms with Crippen LogP contribution in [0.1, 0.15) is 425 Å². The lowest BCUT2D eigenvalue weighted by Gasteiger charge is -2.48. The van der Waals surface area contributed by atoms with Gasteiger partial charge in [0.05, 0.1) is 38.6 Å². The van der Waals surface area contributed by atoms with E-state index in [1.54, 1.807) is 6.08 Å². The summed E-state index contributed by atoms with van der Waals surface area (Å²) in [5.41, 5.74) is 0. The molecule has 115 heavy (non-hydrogen) atoms. The molecule has 0 aromatic heterocycles. The zero-order chi connectivity index (χ0) is 83.1. The molecule has 0 bridgehead atoms. The summed E-state index contributed by atoms with van der Waals surface area (Å²) in [6, 6.07) is -0.991. The average Bonchev–Trinajstić information content (AvgIpc) is 0.778. The van der Waals surface area contributed by atoms with Gasteiger partial charge in [-0.05, 0) is 64.2 Å². The van der Waals surface area contributed by atoms with Crippen molar-refractivity contribution in [3.63, 3.8) is 0 Å². The Morgan fingerprint density at radius 1 is 0.313 bits per heavy atom. The summed E-state index contributed by atoms with van der Waals surface area (Å²) >= 11 is 0. The van der Waals surface area contributed by atoms with Crippen LogP contribution in [0.5, 0.6) is 0 Å². The van der Waals surface area contributed by atoms with Crippen molar-refractivity contribution in [2.24, 2.45) is 0 Å². The standard InChI is InChI=1S/C96H179NO18/c1-3-5-7-9-11-13-15-17-19-21-23-25-27-29-31-33-34-35-36-37-38-39-40-41-42-43-44-46-48-50-52-54-56-58-60-62-64-66-68-70-72-74-84(102)97-79(80(101)73-71-69-67-65-63-61-59-57-55-53-51-49-47-45-32-30-28-26-24-22-20-18-16-14-12-10-8-6-4-2)78-110-94-90(108)87(105)92(82(76-99)112-94)115-96-91(109)88(106)93(83(77-100)113-96)114-95-89(107)86(104)85(103)81(75-98)111-95/h15,17,21,23,63,65,71,73,79-83,85-96,98-101,103-109H,3-14,16,18-20,22,24-62,64,66-70,72,74-78H2,1-2H3,(H,97,102)/b17-15-,23-21-,65-63+,73-71+. The van der Waals surface area contributed by atoms with Crippen molar-refractivity contribution in [2.75, 3.05) is 26.4 Å². The summed E-state index contributed by atoms with van der Waals surface area (Å²) < 4.78 is 34.5.